The largest absolute Gasteiger partial charge is 0.350 e. The van der Waals surface area contributed by atoms with E-state index in [4.69, 9.17) is 0 Å². The second-order valence-corrected chi connectivity index (χ2v) is 6.84. The number of rotatable bonds is 5. The molecule has 2 N–H and O–H groups in total. The lowest BCUT2D eigenvalue weighted by Crippen LogP contribution is -2.41. The monoisotopic (exact) mass is 374 g/mol. The Bertz CT molecular complexity index is 884. The van der Waals surface area contributed by atoms with E-state index in [1.54, 1.807) is 30.2 Å². The molecule has 0 unspecified atom stereocenters. The van der Waals surface area contributed by atoms with Crippen molar-refractivity contribution in [2.75, 3.05) is 37.0 Å². The highest BCUT2D eigenvalue weighted by Crippen LogP contribution is 2.26. The predicted molar refractivity (Wildman–Crippen MR) is 101 cm³/mol. The van der Waals surface area contributed by atoms with E-state index in [0.717, 1.165) is 0 Å². The van der Waals surface area contributed by atoms with Gasteiger partial charge < -0.3 is 20.1 Å². The number of anilines is 2. The molecule has 0 spiro atoms. The van der Waals surface area contributed by atoms with Crippen LogP contribution in [0.2, 0.25) is 0 Å². The molecule has 0 aliphatic carbocycles. The minimum Gasteiger partial charge on any atom is -0.350 e. The van der Waals surface area contributed by atoms with Gasteiger partial charge in [-0.2, -0.15) is 4.98 Å². The average molecular weight is 374 g/mol. The summed E-state index contributed by atoms with van der Waals surface area (Å²) in [6, 6.07) is 4.63. The molecule has 2 atom stereocenters. The lowest BCUT2D eigenvalue weighted by molar-refractivity contribution is 0.0949. The Kier molecular flexibility index (Phi) is 5.38. The molecule has 1 amide bonds. The third kappa shape index (κ3) is 4.24. The van der Waals surface area contributed by atoms with Crippen LogP contribution in [0.25, 0.3) is 0 Å². The predicted octanol–water partition coefficient (Wildman–Crippen LogP) is 0.886. The number of hydrogen-bond acceptors (Lipinski definition) is 6. The first kappa shape index (κ1) is 18.8. The van der Waals surface area contributed by atoms with E-state index in [9.17, 15) is 14.0 Å². The Morgan fingerprint density at radius 3 is 2.89 bits per heavy atom. The standard InChI is InChI=1S/C18H23FN6O2/c1-11-4-5-14(17(27)22-11)16(26)21-9-13-8-12(19)10-25(13)15-6-7-20-18(23-15)24(2)3/h4-7,12-13H,8-10H2,1-3H3,(H,21,26)(H,22,27)/t12-,13-/m0/s1. The number of carbonyl (C=O) groups excluding carboxylic acids is 1. The molecule has 1 aliphatic heterocycles. The van der Waals surface area contributed by atoms with E-state index in [1.165, 1.54) is 6.07 Å². The summed E-state index contributed by atoms with van der Waals surface area (Å²) in [6.45, 7) is 2.16. The molecule has 9 heteroatoms. The Morgan fingerprint density at radius 2 is 2.19 bits per heavy atom. The fourth-order valence-electron chi connectivity index (χ4n) is 3.10. The number of hydrogen-bond donors (Lipinski definition) is 2. The van der Waals surface area contributed by atoms with Gasteiger partial charge in [0.25, 0.3) is 11.5 Å². The molecule has 2 aromatic rings. The van der Waals surface area contributed by atoms with Crippen molar-refractivity contribution in [3.8, 4) is 0 Å². The molecular weight excluding hydrogens is 351 g/mol. The summed E-state index contributed by atoms with van der Waals surface area (Å²) in [5.41, 5.74) is 0.281. The zero-order valence-electron chi connectivity index (χ0n) is 15.6. The molecular formula is C18H23FN6O2. The normalized spacial score (nSPS) is 19.2. The Balaban J connectivity index is 1.72. The molecule has 0 radical (unpaired) electrons. The van der Waals surface area contributed by atoms with E-state index >= 15 is 0 Å². The molecule has 0 aromatic carbocycles. The number of H-pyrrole nitrogens is 1. The van der Waals surface area contributed by atoms with Crippen molar-refractivity contribution in [1.29, 1.82) is 0 Å². The maximum absolute atomic E-state index is 14.1. The van der Waals surface area contributed by atoms with Gasteiger partial charge in [-0.3, -0.25) is 9.59 Å². The summed E-state index contributed by atoms with van der Waals surface area (Å²) in [4.78, 5) is 39.1. The highest BCUT2D eigenvalue weighted by atomic mass is 19.1. The highest BCUT2D eigenvalue weighted by molar-refractivity contribution is 5.93. The molecule has 1 saturated heterocycles. The number of nitrogens with one attached hydrogen (secondary N) is 2. The van der Waals surface area contributed by atoms with Gasteiger partial charge in [0.1, 0.15) is 17.6 Å². The van der Waals surface area contributed by atoms with Gasteiger partial charge in [0.15, 0.2) is 0 Å². The van der Waals surface area contributed by atoms with Crippen molar-refractivity contribution in [1.82, 2.24) is 20.3 Å². The smallest absolute Gasteiger partial charge is 0.260 e. The first-order valence-electron chi connectivity index (χ1n) is 8.74. The van der Waals surface area contributed by atoms with Crippen LogP contribution in [0.3, 0.4) is 0 Å². The molecule has 27 heavy (non-hydrogen) atoms. The molecule has 3 rings (SSSR count). The van der Waals surface area contributed by atoms with Gasteiger partial charge in [0.2, 0.25) is 5.95 Å². The van der Waals surface area contributed by atoms with Crippen LogP contribution >= 0.6 is 0 Å². The van der Waals surface area contributed by atoms with E-state index in [0.29, 0.717) is 17.5 Å². The van der Waals surface area contributed by atoms with Crippen LogP contribution in [0.15, 0.2) is 29.2 Å². The van der Waals surface area contributed by atoms with Gasteiger partial charge >= 0.3 is 0 Å². The second kappa shape index (κ2) is 7.73. The second-order valence-electron chi connectivity index (χ2n) is 6.84. The summed E-state index contributed by atoms with van der Waals surface area (Å²) in [5, 5.41) is 2.74. The van der Waals surface area contributed by atoms with Crippen LogP contribution in [0.4, 0.5) is 16.2 Å². The number of aryl methyl sites for hydroxylation is 1. The van der Waals surface area contributed by atoms with Crippen LogP contribution in [-0.4, -0.2) is 60.3 Å². The van der Waals surface area contributed by atoms with E-state index in [1.807, 2.05) is 19.0 Å². The van der Waals surface area contributed by atoms with Crippen LogP contribution in [0.1, 0.15) is 22.5 Å². The van der Waals surface area contributed by atoms with Gasteiger partial charge in [-0.15, -0.1) is 0 Å². The summed E-state index contributed by atoms with van der Waals surface area (Å²) < 4.78 is 14.1. The van der Waals surface area contributed by atoms with Crippen LogP contribution in [0.5, 0.6) is 0 Å². The minimum absolute atomic E-state index is 0.0406. The fourth-order valence-corrected chi connectivity index (χ4v) is 3.10. The minimum atomic E-state index is -1.01. The highest BCUT2D eigenvalue weighted by Gasteiger charge is 2.33. The fraction of sp³-hybridized carbons (Fsp3) is 0.444. The number of nitrogens with zero attached hydrogens (tertiary/aromatic N) is 4. The zero-order chi connectivity index (χ0) is 19.6. The number of alkyl halides is 1. The van der Waals surface area contributed by atoms with Crippen molar-refractivity contribution in [3.63, 3.8) is 0 Å². The van der Waals surface area contributed by atoms with Crippen molar-refractivity contribution >= 4 is 17.7 Å². The first-order chi connectivity index (χ1) is 12.8. The molecule has 2 aromatic heterocycles. The Hall–Kier alpha value is -2.97. The van der Waals surface area contributed by atoms with Crippen molar-refractivity contribution in [2.45, 2.75) is 25.6 Å². The van der Waals surface area contributed by atoms with E-state index in [2.05, 4.69) is 20.3 Å². The quantitative estimate of drug-likeness (QED) is 0.807. The number of aromatic amines is 1. The number of carbonyl (C=O) groups is 1. The molecule has 0 saturated carbocycles. The van der Waals surface area contributed by atoms with E-state index in [-0.39, 0.29) is 31.1 Å². The summed E-state index contributed by atoms with van der Waals surface area (Å²) in [7, 11) is 3.66. The molecule has 1 fully saturated rings. The third-order valence-electron chi connectivity index (χ3n) is 4.48. The zero-order valence-corrected chi connectivity index (χ0v) is 15.6. The molecule has 1 aliphatic rings. The number of pyridine rings is 1. The van der Waals surface area contributed by atoms with Gasteiger partial charge in [-0.25, -0.2) is 9.37 Å². The Morgan fingerprint density at radius 1 is 1.41 bits per heavy atom. The van der Waals surface area contributed by atoms with Crippen LogP contribution in [-0.2, 0) is 0 Å². The molecule has 3 heterocycles. The van der Waals surface area contributed by atoms with E-state index < -0.39 is 17.6 Å². The van der Waals surface area contributed by atoms with Crippen molar-refractivity contribution in [2.24, 2.45) is 0 Å². The summed E-state index contributed by atoms with van der Waals surface area (Å²) in [6.07, 6.45) is 0.906. The SMILES string of the molecule is Cc1ccc(C(=O)NC[C@@H]2C[C@H](F)CN2c2ccnc(N(C)C)n2)c(=O)[nH]1. The third-order valence-corrected chi connectivity index (χ3v) is 4.48. The first-order valence-corrected chi connectivity index (χ1v) is 8.74. The van der Waals surface area contributed by atoms with Gasteiger partial charge in [-0.1, -0.05) is 0 Å². The molecule has 144 valence electrons. The van der Waals surface area contributed by atoms with Crippen LogP contribution < -0.4 is 20.7 Å². The van der Waals surface area contributed by atoms with Gasteiger partial charge in [0.05, 0.1) is 12.6 Å². The topological polar surface area (TPSA) is 94.2 Å². The van der Waals surface area contributed by atoms with Gasteiger partial charge in [-0.05, 0) is 25.1 Å². The lowest BCUT2D eigenvalue weighted by atomic mass is 10.2. The van der Waals surface area contributed by atoms with Crippen LogP contribution in [0, 0.1) is 6.92 Å². The lowest BCUT2D eigenvalue weighted by Gasteiger charge is -2.26. The van der Waals surface area contributed by atoms with Gasteiger partial charge in [0, 0.05) is 39.0 Å². The maximum atomic E-state index is 14.1. The number of halogens is 1. The summed E-state index contributed by atoms with van der Waals surface area (Å²) in [5.74, 6) is 0.667. The number of aromatic nitrogens is 3. The summed E-state index contributed by atoms with van der Waals surface area (Å²) >= 11 is 0. The molecule has 0 bridgehead atoms. The molecule has 8 nitrogen and oxygen atoms in total. The average Bonchev–Trinajstić information content (AvgIpc) is 3.00. The Labute approximate surface area is 156 Å². The van der Waals surface area contributed by atoms with Crippen molar-refractivity contribution < 1.29 is 9.18 Å². The maximum Gasteiger partial charge on any atom is 0.260 e. The van der Waals surface area contributed by atoms with Crippen molar-refractivity contribution in [3.05, 3.63) is 46.0 Å². The number of amides is 1.